The van der Waals surface area contributed by atoms with Crippen LogP contribution in [0.1, 0.15) is 116 Å². The lowest BCUT2D eigenvalue weighted by molar-refractivity contribution is 0.219. The third-order valence-electron chi connectivity index (χ3n) is 7.02. The van der Waals surface area contributed by atoms with Gasteiger partial charge in [-0.25, -0.2) is 14.4 Å². The SMILES string of the molecule is CCCCCCCCCCCc1ccc(-c2ncc(OCCC(F)CCCC(C)CC)cn2)cc1. The van der Waals surface area contributed by atoms with E-state index in [-0.39, 0.29) is 0 Å². The molecule has 0 amide bonds. The maximum Gasteiger partial charge on any atom is 0.159 e. The lowest BCUT2D eigenvalue weighted by atomic mass is 10.00. The van der Waals surface area contributed by atoms with Crippen LogP contribution in [0.4, 0.5) is 4.39 Å². The molecule has 2 unspecified atom stereocenters. The molecule has 0 radical (unpaired) electrons. The lowest BCUT2D eigenvalue weighted by Crippen LogP contribution is -2.08. The molecular formula is C31H49FN2O. The van der Waals surface area contributed by atoms with Crippen molar-refractivity contribution < 1.29 is 9.13 Å². The van der Waals surface area contributed by atoms with E-state index in [1.807, 2.05) is 0 Å². The third kappa shape index (κ3) is 13.1. The summed E-state index contributed by atoms with van der Waals surface area (Å²) < 4.78 is 19.7. The summed E-state index contributed by atoms with van der Waals surface area (Å²) in [5, 5.41) is 0. The van der Waals surface area contributed by atoms with Crippen molar-refractivity contribution in [1.29, 1.82) is 0 Å². The highest BCUT2D eigenvalue weighted by atomic mass is 19.1. The van der Waals surface area contributed by atoms with E-state index in [9.17, 15) is 4.39 Å². The van der Waals surface area contributed by atoms with Crippen LogP contribution in [-0.4, -0.2) is 22.7 Å². The molecule has 2 rings (SSSR count). The average molecular weight is 485 g/mol. The first-order valence-electron chi connectivity index (χ1n) is 14.3. The molecule has 0 spiro atoms. The smallest absolute Gasteiger partial charge is 0.159 e. The molecule has 0 aliphatic heterocycles. The summed E-state index contributed by atoms with van der Waals surface area (Å²) in [7, 11) is 0. The fraction of sp³-hybridized carbons (Fsp3) is 0.677. The lowest BCUT2D eigenvalue weighted by Gasteiger charge is -2.11. The fourth-order valence-corrected chi connectivity index (χ4v) is 4.34. The number of ether oxygens (including phenoxy) is 1. The van der Waals surface area contributed by atoms with Gasteiger partial charge in [0, 0.05) is 12.0 Å². The van der Waals surface area contributed by atoms with Crippen molar-refractivity contribution >= 4 is 0 Å². The van der Waals surface area contributed by atoms with E-state index in [2.05, 4.69) is 55.0 Å². The van der Waals surface area contributed by atoms with Gasteiger partial charge in [0.15, 0.2) is 11.6 Å². The highest BCUT2D eigenvalue weighted by Gasteiger charge is 2.09. The van der Waals surface area contributed by atoms with Crippen molar-refractivity contribution in [2.24, 2.45) is 5.92 Å². The van der Waals surface area contributed by atoms with Crippen LogP contribution in [0, 0.1) is 5.92 Å². The highest BCUT2D eigenvalue weighted by molar-refractivity contribution is 5.55. The number of aryl methyl sites for hydroxylation is 1. The zero-order valence-corrected chi connectivity index (χ0v) is 22.6. The van der Waals surface area contributed by atoms with E-state index in [0.717, 1.165) is 24.8 Å². The average Bonchev–Trinajstić information content (AvgIpc) is 2.88. The Morgan fingerprint density at radius 3 is 2.03 bits per heavy atom. The van der Waals surface area contributed by atoms with Crippen LogP contribution in [0.3, 0.4) is 0 Å². The molecule has 0 aliphatic carbocycles. The fourth-order valence-electron chi connectivity index (χ4n) is 4.34. The molecule has 35 heavy (non-hydrogen) atoms. The Balaban J connectivity index is 1.62. The predicted molar refractivity (Wildman–Crippen MR) is 147 cm³/mol. The van der Waals surface area contributed by atoms with Crippen LogP contribution in [0.15, 0.2) is 36.7 Å². The molecule has 0 saturated heterocycles. The van der Waals surface area contributed by atoms with Gasteiger partial charge in [0.05, 0.1) is 19.0 Å². The van der Waals surface area contributed by atoms with Gasteiger partial charge < -0.3 is 4.74 Å². The summed E-state index contributed by atoms with van der Waals surface area (Å²) in [6.45, 7) is 7.05. The Morgan fingerprint density at radius 2 is 1.40 bits per heavy atom. The van der Waals surface area contributed by atoms with Crippen molar-refractivity contribution in [3.63, 3.8) is 0 Å². The van der Waals surface area contributed by atoms with Gasteiger partial charge in [0.2, 0.25) is 0 Å². The molecule has 196 valence electrons. The van der Waals surface area contributed by atoms with Gasteiger partial charge in [0.25, 0.3) is 0 Å². The quantitative estimate of drug-likeness (QED) is 0.175. The number of rotatable bonds is 20. The number of hydrogen-bond acceptors (Lipinski definition) is 3. The van der Waals surface area contributed by atoms with Crippen LogP contribution in [0.5, 0.6) is 5.75 Å². The minimum absolute atomic E-state index is 0.362. The van der Waals surface area contributed by atoms with E-state index in [0.29, 0.717) is 36.9 Å². The predicted octanol–water partition coefficient (Wildman–Crippen LogP) is 9.54. The molecule has 0 saturated carbocycles. The second-order valence-electron chi connectivity index (χ2n) is 10.2. The van der Waals surface area contributed by atoms with Gasteiger partial charge in [-0.1, -0.05) is 116 Å². The highest BCUT2D eigenvalue weighted by Crippen LogP contribution is 2.20. The molecule has 1 aromatic heterocycles. The topological polar surface area (TPSA) is 35.0 Å². The van der Waals surface area contributed by atoms with Crippen molar-refractivity contribution in [2.45, 2.75) is 123 Å². The Kier molecular flexibility index (Phi) is 15.3. The summed E-state index contributed by atoms with van der Waals surface area (Å²) in [5.74, 6) is 1.98. The molecule has 0 N–H and O–H groups in total. The van der Waals surface area contributed by atoms with E-state index in [4.69, 9.17) is 4.74 Å². The van der Waals surface area contributed by atoms with E-state index >= 15 is 0 Å². The van der Waals surface area contributed by atoms with Gasteiger partial charge >= 0.3 is 0 Å². The molecule has 2 atom stereocenters. The Morgan fingerprint density at radius 1 is 0.771 bits per heavy atom. The van der Waals surface area contributed by atoms with Gasteiger partial charge in [-0.3, -0.25) is 0 Å². The summed E-state index contributed by atoms with van der Waals surface area (Å²) in [6.07, 6.45) is 20.2. The van der Waals surface area contributed by atoms with E-state index < -0.39 is 6.17 Å². The van der Waals surface area contributed by atoms with Crippen molar-refractivity contribution in [3.8, 4) is 17.1 Å². The van der Waals surface area contributed by atoms with Gasteiger partial charge in [-0.05, 0) is 30.7 Å². The number of benzene rings is 1. The first kappa shape index (κ1) is 29.3. The molecule has 3 nitrogen and oxygen atoms in total. The van der Waals surface area contributed by atoms with Crippen LogP contribution >= 0.6 is 0 Å². The van der Waals surface area contributed by atoms with Gasteiger partial charge in [-0.2, -0.15) is 0 Å². The van der Waals surface area contributed by atoms with Crippen LogP contribution in [-0.2, 0) is 6.42 Å². The zero-order chi connectivity index (χ0) is 25.1. The Labute approximate surface area is 214 Å². The minimum Gasteiger partial charge on any atom is -0.490 e. The normalized spacial score (nSPS) is 13.0. The number of nitrogens with zero attached hydrogens (tertiary/aromatic N) is 2. The maximum absolute atomic E-state index is 14.1. The van der Waals surface area contributed by atoms with Crippen molar-refractivity contribution in [1.82, 2.24) is 9.97 Å². The van der Waals surface area contributed by atoms with E-state index in [1.54, 1.807) is 12.4 Å². The molecular weight excluding hydrogens is 435 g/mol. The largest absolute Gasteiger partial charge is 0.490 e. The molecule has 1 aromatic carbocycles. The number of halogens is 1. The second kappa shape index (κ2) is 18.3. The van der Waals surface area contributed by atoms with Crippen LogP contribution < -0.4 is 4.74 Å². The van der Waals surface area contributed by atoms with Crippen molar-refractivity contribution in [3.05, 3.63) is 42.2 Å². The zero-order valence-electron chi connectivity index (χ0n) is 22.6. The minimum atomic E-state index is -0.798. The summed E-state index contributed by atoms with van der Waals surface area (Å²) in [6, 6.07) is 8.59. The van der Waals surface area contributed by atoms with Crippen LogP contribution in [0.25, 0.3) is 11.4 Å². The molecule has 1 heterocycles. The summed E-state index contributed by atoms with van der Waals surface area (Å²) >= 11 is 0. The summed E-state index contributed by atoms with van der Waals surface area (Å²) in [5.41, 5.74) is 2.39. The number of aromatic nitrogens is 2. The van der Waals surface area contributed by atoms with E-state index in [1.165, 1.54) is 69.8 Å². The molecule has 0 bridgehead atoms. The monoisotopic (exact) mass is 484 g/mol. The van der Waals surface area contributed by atoms with Gasteiger partial charge in [-0.15, -0.1) is 0 Å². The molecule has 2 aromatic rings. The molecule has 4 heteroatoms. The first-order valence-corrected chi connectivity index (χ1v) is 14.3. The number of unbranched alkanes of at least 4 members (excludes halogenated alkanes) is 8. The summed E-state index contributed by atoms with van der Waals surface area (Å²) in [4.78, 5) is 8.89. The molecule has 0 fully saturated rings. The third-order valence-corrected chi connectivity index (χ3v) is 7.02. The van der Waals surface area contributed by atoms with Crippen molar-refractivity contribution in [2.75, 3.05) is 6.61 Å². The maximum atomic E-state index is 14.1. The van der Waals surface area contributed by atoms with Gasteiger partial charge in [0.1, 0.15) is 6.17 Å². The molecule has 0 aliphatic rings. The second-order valence-corrected chi connectivity index (χ2v) is 10.2. The Hall–Kier alpha value is -1.97. The standard InChI is InChI=1S/C31H49FN2O/c1-4-6-7-8-9-10-11-12-13-16-27-18-20-28(21-19-27)31-33-24-30(25-34-31)35-23-22-29(32)17-14-15-26(3)5-2/h18-21,24-26,29H,4-17,22-23H2,1-3H3. The number of alkyl halides is 1. The Bertz CT molecular complexity index is 763. The first-order chi connectivity index (χ1) is 17.1. The van der Waals surface area contributed by atoms with Crippen LogP contribution in [0.2, 0.25) is 0 Å². The number of hydrogen-bond donors (Lipinski definition) is 0.